The molecular formula is C27H34O6. The van der Waals surface area contributed by atoms with Crippen LogP contribution in [0.4, 0.5) is 0 Å². The van der Waals surface area contributed by atoms with Crippen LogP contribution in [0.25, 0.3) is 5.57 Å². The van der Waals surface area contributed by atoms with Gasteiger partial charge in [0.05, 0.1) is 30.9 Å². The van der Waals surface area contributed by atoms with Gasteiger partial charge in [0.25, 0.3) is 0 Å². The number of ether oxygens (including phenoxy) is 3. The predicted octanol–water partition coefficient (Wildman–Crippen LogP) is 5.57. The summed E-state index contributed by atoms with van der Waals surface area (Å²) < 4.78 is 15.5. The lowest BCUT2D eigenvalue weighted by molar-refractivity contribution is 0.0246. The number of benzene rings is 2. The minimum absolute atomic E-state index is 0.136. The zero-order chi connectivity index (χ0) is 24.4. The molecule has 6 nitrogen and oxygen atoms in total. The maximum atomic E-state index is 12.1. The molecule has 2 aromatic rings. The fraction of sp³-hybridized carbons (Fsp3) is 0.407. The van der Waals surface area contributed by atoms with E-state index in [9.17, 15) is 14.7 Å². The first kappa shape index (κ1) is 26.1. The van der Waals surface area contributed by atoms with Gasteiger partial charge in [-0.1, -0.05) is 38.1 Å². The summed E-state index contributed by atoms with van der Waals surface area (Å²) in [6.07, 6.45) is 5.18. The molecule has 2 rings (SSSR count). The molecule has 0 amide bonds. The van der Waals surface area contributed by atoms with Gasteiger partial charge in [-0.2, -0.15) is 0 Å². The maximum absolute atomic E-state index is 12.1. The minimum atomic E-state index is -0.613. The van der Waals surface area contributed by atoms with E-state index in [2.05, 4.69) is 6.08 Å². The first-order valence-corrected chi connectivity index (χ1v) is 11.2. The monoisotopic (exact) mass is 454 g/mol. The second-order valence-electron chi connectivity index (χ2n) is 8.04. The summed E-state index contributed by atoms with van der Waals surface area (Å²) in [4.78, 5) is 24.0. The van der Waals surface area contributed by atoms with Crippen LogP contribution in [0, 0.1) is 0 Å². The van der Waals surface area contributed by atoms with Crippen molar-refractivity contribution in [3.05, 3.63) is 70.8 Å². The molecule has 0 bridgehead atoms. The van der Waals surface area contributed by atoms with E-state index in [-0.39, 0.29) is 17.7 Å². The van der Waals surface area contributed by atoms with Gasteiger partial charge in [0.2, 0.25) is 0 Å². The van der Waals surface area contributed by atoms with Crippen molar-refractivity contribution in [2.75, 3.05) is 14.2 Å². The highest BCUT2D eigenvalue weighted by atomic mass is 16.5. The SMILES string of the molecule is CCC(O)(CC)CCC=C(C)c1cccc(OCc2ccc(C(=O)OC)c(C(=O)OC)c2)c1. The van der Waals surface area contributed by atoms with Gasteiger partial charge in [0.15, 0.2) is 0 Å². The second kappa shape index (κ2) is 12.2. The molecule has 2 aromatic carbocycles. The molecule has 0 aliphatic rings. The van der Waals surface area contributed by atoms with E-state index in [1.807, 2.05) is 45.0 Å². The predicted molar refractivity (Wildman–Crippen MR) is 128 cm³/mol. The highest BCUT2D eigenvalue weighted by molar-refractivity contribution is 6.03. The molecule has 0 radical (unpaired) electrons. The molecule has 0 fully saturated rings. The van der Waals surface area contributed by atoms with Crippen LogP contribution in [0.3, 0.4) is 0 Å². The van der Waals surface area contributed by atoms with E-state index in [1.165, 1.54) is 20.3 Å². The van der Waals surface area contributed by atoms with Crippen molar-refractivity contribution in [1.29, 1.82) is 0 Å². The van der Waals surface area contributed by atoms with Gasteiger partial charge in [0, 0.05) is 0 Å². The average Bonchev–Trinajstić information content (AvgIpc) is 2.86. The fourth-order valence-corrected chi connectivity index (χ4v) is 3.52. The molecule has 0 aliphatic heterocycles. The van der Waals surface area contributed by atoms with Crippen LogP contribution in [0.5, 0.6) is 5.75 Å². The van der Waals surface area contributed by atoms with Gasteiger partial charge in [-0.25, -0.2) is 9.59 Å². The van der Waals surface area contributed by atoms with Gasteiger partial charge >= 0.3 is 11.9 Å². The number of aliphatic hydroxyl groups is 1. The maximum Gasteiger partial charge on any atom is 0.338 e. The first-order valence-electron chi connectivity index (χ1n) is 11.2. The van der Waals surface area contributed by atoms with Crippen molar-refractivity contribution in [2.24, 2.45) is 0 Å². The van der Waals surface area contributed by atoms with E-state index in [0.717, 1.165) is 42.4 Å². The molecule has 6 heteroatoms. The molecule has 0 heterocycles. The molecule has 33 heavy (non-hydrogen) atoms. The molecule has 0 aromatic heterocycles. The Kier molecular flexibility index (Phi) is 9.67. The highest BCUT2D eigenvalue weighted by Crippen LogP contribution is 2.25. The van der Waals surface area contributed by atoms with Crippen LogP contribution < -0.4 is 4.74 Å². The van der Waals surface area contributed by atoms with Crippen molar-refractivity contribution in [3.8, 4) is 5.75 Å². The van der Waals surface area contributed by atoms with Crippen LogP contribution >= 0.6 is 0 Å². The quantitative estimate of drug-likeness (QED) is 0.447. The first-order chi connectivity index (χ1) is 15.8. The van der Waals surface area contributed by atoms with Crippen LogP contribution in [-0.4, -0.2) is 36.9 Å². The third kappa shape index (κ3) is 7.19. The van der Waals surface area contributed by atoms with E-state index in [1.54, 1.807) is 12.1 Å². The summed E-state index contributed by atoms with van der Waals surface area (Å²) in [5.41, 5.74) is 2.56. The highest BCUT2D eigenvalue weighted by Gasteiger charge is 2.21. The minimum Gasteiger partial charge on any atom is -0.489 e. The van der Waals surface area contributed by atoms with Crippen LogP contribution in [0.1, 0.15) is 78.3 Å². The summed E-state index contributed by atoms with van der Waals surface area (Å²) in [5.74, 6) is -0.525. The van der Waals surface area contributed by atoms with Crippen molar-refractivity contribution >= 4 is 17.5 Å². The summed E-state index contributed by atoms with van der Waals surface area (Å²) in [6.45, 7) is 6.29. The standard InChI is InChI=1S/C27H34O6/c1-6-27(30,7-2)15-9-10-19(3)21-11-8-12-22(17-21)33-18-20-13-14-23(25(28)31-4)24(16-20)26(29)32-5/h8,10-14,16-17,30H,6-7,9,15,18H2,1-5H3. The Hall–Kier alpha value is -3.12. The Labute approximate surface area is 196 Å². The number of carbonyl (C=O) groups is 2. The third-order valence-electron chi connectivity index (χ3n) is 5.97. The lowest BCUT2D eigenvalue weighted by Gasteiger charge is -2.24. The average molecular weight is 455 g/mol. The van der Waals surface area contributed by atoms with Crippen molar-refractivity contribution < 1.29 is 28.9 Å². The fourth-order valence-electron chi connectivity index (χ4n) is 3.52. The molecular weight excluding hydrogens is 420 g/mol. The molecule has 178 valence electrons. The number of rotatable bonds is 11. The topological polar surface area (TPSA) is 82.1 Å². The Morgan fingerprint density at radius 1 is 0.970 bits per heavy atom. The number of carbonyl (C=O) groups excluding carboxylic acids is 2. The molecule has 0 atom stereocenters. The zero-order valence-electron chi connectivity index (χ0n) is 20.1. The molecule has 1 N–H and O–H groups in total. The molecule has 0 spiro atoms. The Morgan fingerprint density at radius 2 is 1.64 bits per heavy atom. The van der Waals surface area contributed by atoms with Gasteiger partial charge < -0.3 is 19.3 Å². The van der Waals surface area contributed by atoms with Crippen LogP contribution in [0.2, 0.25) is 0 Å². The van der Waals surface area contributed by atoms with E-state index >= 15 is 0 Å². The number of hydrogen-bond donors (Lipinski definition) is 1. The zero-order valence-corrected chi connectivity index (χ0v) is 20.1. The number of allylic oxidation sites excluding steroid dienone is 2. The summed E-state index contributed by atoms with van der Waals surface area (Å²) in [7, 11) is 2.52. The normalized spacial score (nSPS) is 11.8. The lowest BCUT2D eigenvalue weighted by atomic mass is 9.91. The van der Waals surface area contributed by atoms with E-state index in [0.29, 0.717) is 5.75 Å². The summed E-state index contributed by atoms with van der Waals surface area (Å²) in [6, 6.07) is 12.6. The van der Waals surface area contributed by atoms with Crippen molar-refractivity contribution in [1.82, 2.24) is 0 Å². The van der Waals surface area contributed by atoms with Crippen LogP contribution in [0.15, 0.2) is 48.5 Å². The number of methoxy groups -OCH3 is 2. The number of hydrogen-bond acceptors (Lipinski definition) is 6. The van der Waals surface area contributed by atoms with E-state index in [4.69, 9.17) is 14.2 Å². The summed E-state index contributed by atoms with van der Waals surface area (Å²) in [5, 5.41) is 10.5. The van der Waals surface area contributed by atoms with Gasteiger partial charge in [-0.05, 0) is 73.6 Å². The van der Waals surface area contributed by atoms with Gasteiger partial charge in [-0.3, -0.25) is 0 Å². The van der Waals surface area contributed by atoms with Gasteiger partial charge in [0.1, 0.15) is 12.4 Å². The molecule has 0 saturated carbocycles. The second-order valence-corrected chi connectivity index (χ2v) is 8.04. The smallest absolute Gasteiger partial charge is 0.338 e. The molecule has 0 saturated heterocycles. The molecule has 0 aliphatic carbocycles. The Balaban J connectivity index is 2.11. The largest absolute Gasteiger partial charge is 0.489 e. The van der Waals surface area contributed by atoms with Gasteiger partial charge in [-0.15, -0.1) is 0 Å². The third-order valence-corrected chi connectivity index (χ3v) is 5.97. The van der Waals surface area contributed by atoms with E-state index < -0.39 is 17.5 Å². The summed E-state index contributed by atoms with van der Waals surface area (Å²) >= 11 is 0. The van der Waals surface area contributed by atoms with Crippen LogP contribution in [-0.2, 0) is 16.1 Å². The van der Waals surface area contributed by atoms with Crippen molar-refractivity contribution in [2.45, 2.75) is 58.7 Å². The number of esters is 2. The Bertz CT molecular complexity index is 988. The molecule has 0 unspecified atom stereocenters. The Morgan fingerprint density at radius 3 is 2.27 bits per heavy atom. The van der Waals surface area contributed by atoms with Crippen molar-refractivity contribution in [3.63, 3.8) is 0 Å². The lowest BCUT2D eigenvalue weighted by Crippen LogP contribution is -2.25.